The lowest BCUT2D eigenvalue weighted by molar-refractivity contribution is 0.284. The van der Waals surface area contributed by atoms with Crippen molar-refractivity contribution in [1.29, 1.82) is 0 Å². The molecule has 34 heavy (non-hydrogen) atoms. The van der Waals surface area contributed by atoms with E-state index in [-0.39, 0.29) is 22.2 Å². The van der Waals surface area contributed by atoms with Gasteiger partial charge in [0.15, 0.2) is 0 Å². The largest absolute Gasteiger partial charge is 0.337 e. The summed E-state index contributed by atoms with van der Waals surface area (Å²) >= 11 is 0. The van der Waals surface area contributed by atoms with Crippen LogP contribution in [0.3, 0.4) is 0 Å². The monoisotopic (exact) mass is 497 g/mol. The Bertz CT molecular complexity index is 1400. The molecule has 0 radical (unpaired) electrons. The molecule has 1 aliphatic rings. The minimum absolute atomic E-state index is 0.0945. The van der Waals surface area contributed by atoms with Crippen LogP contribution in [0.15, 0.2) is 93.1 Å². The van der Waals surface area contributed by atoms with Crippen LogP contribution < -0.4 is 0 Å². The van der Waals surface area contributed by atoms with Crippen LogP contribution in [0, 0.1) is 13.8 Å². The normalized spacial score (nSPS) is 17.8. The molecule has 9 heteroatoms. The van der Waals surface area contributed by atoms with Gasteiger partial charge in [0.2, 0.25) is 10.0 Å². The third kappa shape index (κ3) is 4.77. The maximum Gasteiger partial charge on any atom is 0.283 e. The van der Waals surface area contributed by atoms with E-state index in [0.717, 1.165) is 16.7 Å². The summed E-state index contributed by atoms with van der Waals surface area (Å²) in [6.07, 6.45) is -0.718. The van der Waals surface area contributed by atoms with Crippen LogP contribution >= 0.6 is 0 Å². The molecule has 0 N–H and O–H groups in total. The van der Waals surface area contributed by atoms with E-state index in [9.17, 15) is 16.8 Å². The van der Waals surface area contributed by atoms with E-state index in [2.05, 4.69) is 4.40 Å². The molecule has 1 fully saturated rings. The first-order valence-electron chi connectivity index (χ1n) is 10.9. The van der Waals surface area contributed by atoms with Crippen molar-refractivity contribution in [3.05, 3.63) is 95.6 Å². The van der Waals surface area contributed by atoms with Crippen molar-refractivity contribution < 1.29 is 16.8 Å². The van der Waals surface area contributed by atoms with Crippen LogP contribution in [0.5, 0.6) is 0 Å². The van der Waals surface area contributed by atoms with Gasteiger partial charge in [-0.3, -0.25) is 0 Å². The highest BCUT2D eigenvalue weighted by atomic mass is 32.2. The van der Waals surface area contributed by atoms with E-state index in [1.807, 2.05) is 44.2 Å². The van der Waals surface area contributed by atoms with Crippen LogP contribution in [-0.4, -0.2) is 45.0 Å². The molecule has 3 aromatic carbocycles. The lowest BCUT2D eigenvalue weighted by Gasteiger charge is -2.31. The topological polar surface area (TPSA) is 87.1 Å². The standard InChI is InChI=1S/C25H27N3O4S2/c1-19-9-13-23(14-10-19)33(29,30)26-21(3)27-17-18-28(25(27)22-7-5-4-6-8-22)34(31,32)24-15-11-20(2)12-16-24/h4-16,25H,17-18H2,1-3H3/b26-21-. The number of sulfonamides is 2. The third-order valence-electron chi connectivity index (χ3n) is 5.84. The van der Waals surface area contributed by atoms with Gasteiger partial charge in [-0.1, -0.05) is 65.7 Å². The van der Waals surface area contributed by atoms with Gasteiger partial charge in [0, 0.05) is 13.1 Å². The van der Waals surface area contributed by atoms with E-state index in [1.165, 1.54) is 16.4 Å². The number of aryl methyl sites for hydroxylation is 2. The number of hydrogen-bond acceptors (Lipinski definition) is 4. The molecule has 0 spiro atoms. The Kier molecular flexibility index (Phi) is 6.62. The molecular weight excluding hydrogens is 470 g/mol. The average molecular weight is 498 g/mol. The molecule has 1 unspecified atom stereocenters. The fourth-order valence-corrected chi connectivity index (χ4v) is 6.61. The summed E-state index contributed by atoms with van der Waals surface area (Å²) in [4.78, 5) is 2.02. The van der Waals surface area contributed by atoms with E-state index in [1.54, 1.807) is 48.2 Å². The van der Waals surface area contributed by atoms with Crippen LogP contribution in [0.2, 0.25) is 0 Å². The predicted molar refractivity (Wildman–Crippen MR) is 132 cm³/mol. The zero-order valence-corrected chi connectivity index (χ0v) is 20.9. The third-order valence-corrected chi connectivity index (χ3v) is 9.08. The first-order valence-corrected chi connectivity index (χ1v) is 13.8. The zero-order valence-electron chi connectivity index (χ0n) is 19.3. The molecule has 178 valence electrons. The number of nitrogens with zero attached hydrogens (tertiary/aromatic N) is 3. The Morgan fingerprint density at radius 3 is 1.85 bits per heavy atom. The van der Waals surface area contributed by atoms with Crippen molar-refractivity contribution in [3.8, 4) is 0 Å². The maximum absolute atomic E-state index is 13.6. The molecule has 1 aliphatic heterocycles. The maximum atomic E-state index is 13.6. The first kappa shape index (κ1) is 24.1. The molecule has 1 atom stereocenters. The first-order chi connectivity index (χ1) is 16.1. The van der Waals surface area contributed by atoms with Crippen LogP contribution in [0.25, 0.3) is 0 Å². The molecule has 0 saturated carbocycles. The van der Waals surface area contributed by atoms with E-state index >= 15 is 0 Å². The van der Waals surface area contributed by atoms with E-state index in [4.69, 9.17) is 0 Å². The average Bonchev–Trinajstić information content (AvgIpc) is 3.26. The fourth-order valence-electron chi connectivity index (χ4n) is 4.00. The number of hydrogen-bond donors (Lipinski definition) is 0. The Hall–Kier alpha value is -3.01. The lowest BCUT2D eigenvalue weighted by atomic mass is 10.1. The van der Waals surface area contributed by atoms with Crippen LogP contribution in [0.1, 0.15) is 29.8 Å². The van der Waals surface area contributed by atoms with E-state index in [0.29, 0.717) is 6.54 Å². The van der Waals surface area contributed by atoms with Crippen molar-refractivity contribution in [2.75, 3.05) is 13.1 Å². The van der Waals surface area contributed by atoms with Gasteiger partial charge >= 0.3 is 0 Å². The Balaban J connectivity index is 1.75. The van der Waals surface area contributed by atoms with Crippen molar-refractivity contribution in [2.45, 2.75) is 36.7 Å². The highest BCUT2D eigenvalue weighted by Gasteiger charge is 2.42. The van der Waals surface area contributed by atoms with Gasteiger partial charge in [0.25, 0.3) is 10.0 Å². The highest BCUT2D eigenvalue weighted by molar-refractivity contribution is 7.90. The van der Waals surface area contributed by atoms with Gasteiger partial charge in [0.05, 0.1) is 9.79 Å². The summed E-state index contributed by atoms with van der Waals surface area (Å²) in [6.45, 7) is 5.89. The van der Waals surface area contributed by atoms with Gasteiger partial charge in [-0.05, 0) is 50.6 Å². The summed E-state index contributed by atoms with van der Waals surface area (Å²) in [6, 6.07) is 22.4. The lowest BCUT2D eigenvalue weighted by Crippen LogP contribution is -2.37. The number of benzene rings is 3. The zero-order chi connectivity index (χ0) is 24.5. The Labute approximate surface area is 201 Å². The van der Waals surface area contributed by atoms with Gasteiger partial charge < -0.3 is 4.90 Å². The van der Waals surface area contributed by atoms with Crippen LogP contribution in [0.4, 0.5) is 0 Å². The van der Waals surface area contributed by atoms with Crippen molar-refractivity contribution in [3.63, 3.8) is 0 Å². The van der Waals surface area contributed by atoms with Gasteiger partial charge in [-0.15, -0.1) is 4.40 Å². The summed E-state index contributed by atoms with van der Waals surface area (Å²) in [5.74, 6) is 0.232. The second-order valence-electron chi connectivity index (χ2n) is 8.33. The highest BCUT2D eigenvalue weighted by Crippen LogP contribution is 2.35. The second-order valence-corrected chi connectivity index (χ2v) is 11.8. The molecular formula is C25H27N3O4S2. The summed E-state index contributed by atoms with van der Waals surface area (Å²) in [7, 11) is -7.78. The summed E-state index contributed by atoms with van der Waals surface area (Å²) in [5.41, 5.74) is 2.64. The van der Waals surface area contributed by atoms with Gasteiger partial charge in [-0.2, -0.15) is 12.7 Å². The number of rotatable bonds is 5. The van der Waals surface area contributed by atoms with Crippen molar-refractivity contribution in [2.24, 2.45) is 4.40 Å². The molecule has 3 aromatic rings. The molecule has 7 nitrogen and oxygen atoms in total. The smallest absolute Gasteiger partial charge is 0.283 e. The minimum Gasteiger partial charge on any atom is -0.337 e. The van der Waals surface area contributed by atoms with Crippen LogP contribution in [-0.2, 0) is 20.0 Å². The molecule has 0 amide bonds. The minimum atomic E-state index is -3.95. The summed E-state index contributed by atoms with van der Waals surface area (Å²) in [5, 5.41) is 0. The molecule has 0 bridgehead atoms. The quantitative estimate of drug-likeness (QED) is 0.391. The van der Waals surface area contributed by atoms with Crippen molar-refractivity contribution in [1.82, 2.24) is 9.21 Å². The predicted octanol–water partition coefficient (Wildman–Crippen LogP) is 4.12. The molecule has 0 aromatic heterocycles. The molecule has 4 rings (SSSR count). The number of amidine groups is 1. The summed E-state index contributed by atoms with van der Waals surface area (Å²) < 4.78 is 58.5. The Morgan fingerprint density at radius 2 is 1.29 bits per heavy atom. The van der Waals surface area contributed by atoms with Crippen molar-refractivity contribution >= 4 is 25.9 Å². The second kappa shape index (κ2) is 9.32. The molecule has 0 aliphatic carbocycles. The van der Waals surface area contributed by atoms with Gasteiger partial charge in [0.1, 0.15) is 12.0 Å². The van der Waals surface area contributed by atoms with E-state index < -0.39 is 26.2 Å². The Morgan fingerprint density at radius 1 is 0.765 bits per heavy atom. The molecule has 1 saturated heterocycles. The fraction of sp³-hybridized carbons (Fsp3) is 0.240. The van der Waals surface area contributed by atoms with Gasteiger partial charge in [-0.25, -0.2) is 8.42 Å². The molecule has 1 heterocycles. The SMILES string of the molecule is C/C(=N/S(=O)(=O)c1ccc(C)cc1)N1CCN(S(=O)(=O)c2ccc(C)cc2)C1c1ccccc1.